The Morgan fingerprint density at radius 2 is 2.08 bits per heavy atom. The Labute approximate surface area is 74.5 Å². The van der Waals surface area contributed by atoms with Crippen LogP contribution in [-0.2, 0) is 0 Å². The van der Waals surface area contributed by atoms with Crippen LogP contribution in [0.25, 0.3) is 0 Å². The SMILES string of the molecule is C#CCC[C@@](O)(C#C)CCC=C. The van der Waals surface area contributed by atoms with E-state index in [9.17, 15) is 5.11 Å². The summed E-state index contributed by atoms with van der Waals surface area (Å²) in [7, 11) is 0. The molecule has 1 heteroatoms. The smallest absolute Gasteiger partial charge is 0.126 e. The quantitative estimate of drug-likeness (QED) is 0.482. The van der Waals surface area contributed by atoms with Crippen LogP contribution in [0.2, 0.25) is 0 Å². The molecule has 0 saturated carbocycles. The van der Waals surface area contributed by atoms with Crippen LogP contribution in [0.4, 0.5) is 0 Å². The van der Waals surface area contributed by atoms with Crippen molar-refractivity contribution in [1.82, 2.24) is 0 Å². The minimum Gasteiger partial charge on any atom is -0.378 e. The summed E-state index contributed by atoms with van der Waals surface area (Å²) in [5.41, 5.74) is -1.04. The molecule has 0 aromatic rings. The Balaban J connectivity index is 3.99. The third-order valence-electron chi connectivity index (χ3n) is 1.71. The number of allylic oxidation sites excluding steroid dienone is 1. The molecule has 0 amide bonds. The van der Waals surface area contributed by atoms with Gasteiger partial charge in [0.25, 0.3) is 0 Å². The standard InChI is InChI=1S/C11H14O/c1-4-7-9-11(12,6-3)10-8-5-2/h1,3,5,12H,2,7-10H2/t11-/m0/s1. The summed E-state index contributed by atoms with van der Waals surface area (Å²) in [5.74, 6) is 4.81. The van der Waals surface area contributed by atoms with Crippen molar-refractivity contribution in [2.75, 3.05) is 0 Å². The summed E-state index contributed by atoms with van der Waals surface area (Å²) in [6.07, 6.45) is 14.2. The zero-order valence-electron chi connectivity index (χ0n) is 7.21. The van der Waals surface area contributed by atoms with Crippen molar-refractivity contribution in [3.05, 3.63) is 12.7 Å². The highest BCUT2D eigenvalue weighted by Crippen LogP contribution is 2.18. The molecule has 0 spiro atoms. The van der Waals surface area contributed by atoms with Crippen LogP contribution < -0.4 is 0 Å². The highest BCUT2D eigenvalue weighted by atomic mass is 16.3. The van der Waals surface area contributed by atoms with Crippen LogP contribution in [0.15, 0.2) is 12.7 Å². The van der Waals surface area contributed by atoms with E-state index in [1.807, 2.05) is 0 Å². The maximum absolute atomic E-state index is 9.70. The minimum atomic E-state index is -1.04. The molecule has 0 heterocycles. The van der Waals surface area contributed by atoms with Crippen molar-refractivity contribution in [3.8, 4) is 24.7 Å². The Morgan fingerprint density at radius 3 is 2.50 bits per heavy atom. The van der Waals surface area contributed by atoms with Crippen molar-refractivity contribution in [1.29, 1.82) is 0 Å². The van der Waals surface area contributed by atoms with Crippen molar-refractivity contribution in [2.45, 2.75) is 31.3 Å². The van der Waals surface area contributed by atoms with E-state index in [1.54, 1.807) is 6.08 Å². The van der Waals surface area contributed by atoms with Crippen LogP contribution in [0.1, 0.15) is 25.7 Å². The lowest BCUT2D eigenvalue weighted by atomic mass is 9.93. The zero-order valence-corrected chi connectivity index (χ0v) is 7.21. The second-order valence-corrected chi connectivity index (χ2v) is 2.71. The van der Waals surface area contributed by atoms with Gasteiger partial charge in [-0.05, 0) is 19.3 Å². The number of hydrogen-bond donors (Lipinski definition) is 1. The van der Waals surface area contributed by atoms with Gasteiger partial charge in [-0.2, -0.15) is 0 Å². The fourth-order valence-electron chi connectivity index (χ4n) is 0.889. The third-order valence-corrected chi connectivity index (χ3v) is 1.71. The van der Waals surface area contributed by atoms with Gasteiger partial charge in [-0.1, -0.05) is 12.0 Å². The number of rotatable bonds is 5. The first-order chi connectivity index (χ1) is 5.68. The van der Waals surface area contributed by atoms with Crippen molar-refractivity contribution < 1.29 is 5.11 Å². The first-order valence-electron chi connectivity index (χ1n) is 3.93. The Kier molecular flexibility index (Phi) is 4.93. The molecule has 0 aromatic carbocycles. The zero-order chi connectivity index (χ0) is 9.45. The molecule has 1 N–H and O–H groups in total. The second kappa shape index (κ2) is 5.47. The molecule has 0 aromatic heterocycles. The van der Waals surface area contributed by atoms with E-state index >= 15 is 0 Å². The van der Waals surface area contributed by atoms with Gasteiger partial charge in [-0.15, -0.1) is 25.3 Å². The lowest BCUT2D eigenvalue weighted by Gasteiger charge is -2.19. The van der Waals surface area contributed by atoms with Crippen LogP contribution in [0, 0.1) is 24.7 Å². The number of hydrogen-bond acceptors (Lipinski definition) is 1. The van der Waals surface area contributed by atoms with Gasteiger partial charge in [-0.25, -0.2) is 0 Å². The highest BCUT2D eigenvalue weighted by molar-refractivity contribution is 5.09. The third kappa shape index (κ3) is 3.86. The van der Waals surface area contributed by atoms with Gasteiger partial charge in [-0.3, -0.25) is 0 Å². The molecule has 0 unspecified atom stereocenters. The molecule has 0 aliphatic heterocycles. The molecule has 0 aliphatic carbocycles. The van der Waals surface area contributed by atoms with Gasteiger partial charge in [0, 0.05) is 6.42 Å². The van der Waals surface area contributed by atoms with Crippen molar-refractivity contribution >= 4 is 0 Å². The number of aliphatic hydroxyl groups is 1. The first-order valence-corrected chi connectivity index (χ1v) is 3.93. The molecule has 0 fully saturated rings. The predicted octanol–water partition coefficient (Wildman–Crippen LogP) is 1.73. The lowest BCUT2D eigenvalue weighted by molar-refractivity contribution is 0.0852. The molecule has 0 bridgehead atoms. The van der Waals surface area contributed by atoms with Gasteiger partial charge in [0.05, 0.1) is 0 Å². The normalized spacial score (nSPS) is 13.9. The summed E-state index contributed by atoms with van der Waals surface area (Å²) in [4.78, 5) is 0. The summed E-state index contributed by atoms with van der Waals surface area (Å²) in [6.45, 7) is 3.56. The average molecular weight is 162 g/mol. The summed E-state index contributed by atoms with van der Waals surface area (Å²) >= 11 is 0. The van der Waals surface area contributed by atoms with Crippen molar-refractivity contribution in [3.63, 3.8) is 0 Å². The average Bonchev–Trinajstić information content (AvgIpc) is 2.11. The molecule has 64 valence electrons. The van der Waals surface area contributed by atoms with E-state index in [0.29, 0.717) is 25.7 Å². The Bertz CT molecular complexity index is 216. The fraction of sp³-hybridized carbons (Fsp3) is 0.455. The summed E-state index contributed by atoms with van der Waals surface area (Å²) in [5, 5.41) is 9.70. The van der Waals surface area contributed by atoms with E-state index in [0.717, 1.165) is 0 Å². The largest absolute Gasteiger partial charge is 0.378 e. The molecule has 0 aliphatic rings. The molecule has 0 rings (SSSR count). The monoisotopic (exact) mass is 162 g/mol. The summed E-state index contributed by atoms with van der Waals surface area (Å²) in [6, 6.07) is 0. The maximum atomic E-state index is 9.70. The van der Waals surface area contributed by atoms with Gasteiger partial charge in [0.2, 0.25) is 0 Å². The maximum Gasteiger partial charge on any atom is 0.126 e. The van der Waals surface area contributed by atoms with E-state index in [1.165, 1.54) is 0 Å². The highest BCUT2D eigenvalue weighted by Gasteiger charge is 2.21. The van der Waals surface area contributed by atoms with Gasteiger partial charge < -0.3 is 5.11 Å². The Morgan fingerprint density at radius 1 is 1.42 bits per heavy atom. The second-order valence-electron chi connectivity index (χ2n) is 2.71. The fourth-order valence-corrected chi connectivity index (χ4v) is 0.889. The molecule has 0 radical (unpaired) electrons. The predicted molar refractivity (Wildman–Crippen MR) is 51.3 cm³/mol. The van der Waals surface area contributed by atoms with E-state index < -0.39 is 5.60 Å². The minimum absolute atomic E-state index is 0.466. The first kappa shape index (κ1) is 10.8. The molecular formula is C11H14O. The topological polar surface area (TPSA) is 20.2 Å². The molecule has 0 saturated heterocycles. The van der Waals surface area contributed by atoms with Gasteiger partial charge >= 0.3 is 0 Å². The van der Waals surface area contributed by atoms with Crippen molar-refractivity contribution in [2.24, 2.45) is 0 Å². The van der Waals surface area contributed by atoms with Gasteiger partial charge in [0.1, 0.15) is 5.60 Å². The molecule has 12 heavy (non-hydrogen) atoms. The van der Waals surface area contributed by atoms with Gasteiger partial charge in [0.15, 0.2) is 0 Å². The molecular weight excluding hydrogens is 148 g/mol. The Hall–Kier alpha value is -1.18. The number of terminal acetylenes is 2. The van der Waals surface area contributed by atoms with Crippen LogP contribution >= 0.6 is 0 Å². The van der Waals surface area contributed by atoms with Crippen LogP contribution in [-0.4, -0.2) is 10.7 Å². The summed E-state index contributed by atoms with van der Waals surface area (Å²) < 4.78 is 0. The van der Waals surface area contributed by atoms with E-state index in [4.69, 9.17) is 12.8 Å². The molecule has 1 nitrogen and oxygen atoms in total. The van der Waals surface area contributed by atoms with Crippen LogP contribution in [0.5, 0.6) is 0 Å². The molecule has 1 atom stereocenters. The van der Waals surface area contributed by atoms with E-state index in [-0.39, 0.29) is 0 Å². The van der Waals surface area contributed by atoms with Crippen LogP contribution in [0.3, 0.4) is 0 Å². The van der Waals surface area contributed by atoms with E-state index in [2.05, 4.69) is 18.4 Å². The lowest BCUT2D eigenvalue weighted by Crippen LogP contribution is -2.25.